The summed E-state index contributed by atoms with van der Waals surface area (Å²) < 4.78 is 51.7. The van der Waals surface area contributed by atoms with Crippen molar-refractivity contribution in [1.82, 2.24) is 10.1 Å². The van der Waals surface area contributed by atoms with E-state index in [0.717, 1.165) is 12.8 Å². The Morgan fingerprint density at radius 2 is 1.77 bits per heavy atom. The molecule has 3 N–H and O–H groups in total. The Labute approximate surface area is 224 Å². The number of benzene rings is 1. The first-order valence-electron chi connectivity index (χ1n) is 12.4. The molecule has 2 atom stereocenters. The molecule has 0 bridgehead atoms. The summed E-state index contributed by atoms with van der Waals surface area (Å²) in [6.07, 6.45) is 2.54. The van der Waals surface area contributed by atoms with Crippen LogP contribution in [0, 0.1) is 31.5 Å². The molecule has 0 saturated heterocycles. The molecule has 1 aliphatic rings. The standard InChI is InChI=1S/C26H29FN4O7S/c1-15-21(29-25(32)19-5-3-4-6-20(19)26(33)34)11-12-22(28-15)24-23(16(2)30-38-24)31-39(35,36)14-13-37-18-9-7-17(27)8-10-18/h7-12,19-20,31H,3-6,13-14H2,1-2H3,(H,29,32)(H,33,34)/t19-,20-/m0/s1. The van der Waals surface area contributed by atoms with E-state index < -0.39 is 33.6 Å². The number of aryl methyl sites for hydroxylation is 2. The zero-order valence-electron chi connectivity index (χ0n) is 21.4. The van der Waals surface area contributed by atoms with Gasteiger partial charge in [-0.1, -0.05) is 18.0 Å². The third-order valence-corrected chi connectivity index (χ3v) is 7.77. The molecule has 0 aliphatic heterocycles. The summed E-state index contributed by atoms with van der Waals surface area (Å²) >= 11 is 0. The van der Waals surface area contributed by atoms with Crippen LogP contribution in [0.1, 0.15) is 37.1 Å². The van der Waals surface area contributed by atoms with E-state index in [4.69, 9.17) is 9.26 Å². The normalized spacial score (nSPS) is 17.4. The van der Waals surface area contributed by atoms with Crippen LogP contribution in [0.5, 0.6) is 5.75 Å². The number of sulfonamides is 1. The number of carbonyl (C=O) groups excluding carboxylic acids is 1. The molecule has 1 amide bonds. The summed E-state index contributed by atoms with van der Waals surface area (Å²) in [6.45, 7) is 3.06. The predicted molar refractivity (Wildman–Crippen MR) is 140 cm³/mol. The fourth-order valence-electron chi connectivity index (χ4n) is 4.46. The molecule has 208 valence electrons. The van der Waals surface area contributed by atoms with E-state index >= 15 is 0 Å². The van der Waals surface area contributed by atoms with E-state index in [1.165, 1.54) is 24.3 Å². The van der Waals surface area contributed by atoms with Crippen LogP contribution >= 0.6 is 0 Å². The minimum absolute atomic E-state index is 0.0923. The number of nitrogens with one attached hydrogen (secondary N) is 2. The molecule has 2 aromatic heterocycles. The Morgan fingerprint density at radius 1 is 1.08 bits per heavy atom. The number of carboxylic acids is 1. The number of pyridine rings is 1. The summed E-state index contributed by atoms with van der Waals surface area (Å²) in [4.78, 5) is 28.9. The minimum Gasteiger partial charge on any atom is -0.492 e. The molecule has 0 unspecified atom stereocenters. The van der Waals surface area contributed by atoms with Gasteiger partial charge in [-0.05, 0) is 63.1 Å². The number of halogens is 1. The van der Waals surface area contributed by atoms with E-state index in [9.17, 15) is 27.5 Å². The van der Waals surface area contributed by atoms with Crippen LogP contribution in [0.4, 0.5) is 15.8 Å². The van der Waals surface area contributed by atoms with Crippen molar-refractivity contribution in [3.63, 3.8) is 0 Å². The molecule has 0 spiro atoms. The van der Waals surface area contributed by atoms with E-state index in [-0.39, 0.29) is 35.4 Å². The topological polar surface area (TPSA) is 161 Å². The maximum atomic E-state index is 13.0. The molecule has 1 aromatic carbocycles. The molecule has 13 heteroatoms. The Balaban J connectivity index is 1.44. The van der Waals surface area contributed by atoms with Gasteiger partial charge in [0, 0.05) is 0 Å². The second-order valence-electron chi connectivity index (χ2n) is 9.35. The lowest BCUT2D eigenvalue weighted by atomic mass is 9.78. The molecule has 1 aliphatic carbocycles. The van der Waals surface area contributed by atoms with Gasteiger partial charge >= 0.3 is 5.97 Å². The van der Waals surface area contributed by atoms with Crippen molar-refractivity contribution in [3.05, 3.63) is 53.6 Å². The van der Waals surface area contributed by atoms with E-state index in [1.807, 2.05) is 0 Å². The maximum Gasteiger partial charge on any atom is 0.307 e. The van der Waals surface area contributed by atoms with Gasteiger partial charge in [-0.25, -0.2) is 17.8 Å². The first-order chi connectivity index (χ1) is 18.5. The number of anilines is 2. The molecule has 11 nitrogen and oxygen atoms in total. The van der Waals surface area contributed by atoms with Crippen molar-refractivity contribution in [2.45, 2.75) is 39.5 Å². The number of carboxylic acid groups (broad SMARTS) is 1. The quantitative estimate of drug-likeness (QED) is 0.331. The Bertz CT molecular complexity index is 1460. The van der Waals surface area contributed by atoms with Crippen molar-refractivity contribution in [2.75, 3.05) is 22.4 Å². The van der Waals surface area contributed by atoms with E-state index in [1.54, 1.807) is 26.0 Å². The number of hydrogen-bond acceptors (Lipinski definition) is 8. The van der Waals surface area contributed by atoms with Gasteiger partial charge in [0.15, 0.2) is 0 Å². The van der Waals surface area contributed by atoms with E-state index in [2.05, 4.69) is 20.2 Å². The number of carbonyl (C=O) groups is 2. The number of aliphatic carboxylic acids is 1. The van der Waals surface area contributed by atoms with Crippen LogP contribution < -0.4 is 14.8 Å². The molecule has 1 saturated carbocycles. The summed E-state index contributed by atoms with van der Waals surface area (Å²) in [7, 11) is -3.88. The number of aromatic nitrogens is 2. The molecule has 0 radical (unpaired) electrons. The highest BCUT2D eigenvalue weighted by Crippen LogP contribution is 2.34. The van der Waals surface area contributed by atoms with Crippen LogP contribution in [0.3, 0.4) is 0 Å². The average molecular weight is 561 g/mol. The van der Waals surface area contributed by atoms with Gasteiger partial charge in [-0.2, -0.15) is 0 Å². The van der Waals surface area contributed by atoms with Crippen LogP contribution in [-0.2, 0) is 19.6 Å². The molecular weight excluding hydrogens is 531 g/mol. The van der Waals surface area contributed by atoms with Crippen molar-refractivity contribution >= 4 is 33.3 Å². The second-order valence-corrected chi connectivity index (χ2v) is 11.2. The van der Waals surface area contributed by atoms with Crippen LogP contribution in [0.2, 0.25) is 0 Å². The maximum absolute atomic E-state index is 13.0. The zero-order valence-corrected chi connectivity index (χ0v) is 22.3. The first-order valence-corrected chi connectivity index (χ1v) is 14.1. The van der Waals surface area contributed by atoms with Crippen LogP contribution in [0.25, 0.3) is 11.5 Å². The van der Waals surface area contributed by atoms with Crippen molar-refractivity contribution in [1.29, 1.82) is 0 Å². The fourth-order valence-corrected chi connectivity index (χ4v) is 5.41. The molecule has 3 aromatic rings. The van der Waals surface area contributed by atoms with E-state index in [0.29, 0.717) is 35.7 Å². The Morgan fingerprint density at radius 3 is 2.44 bits per heavy atom. The molecule has 1 fully saturated rings. The van der Waals surface area contributed by atoms with Gasteiger partial charge in [0.25, 0.3) is 0 Å². The lowest BCUT2D eigenvalue weighted by Gasteiger charge is -2.27. The molecule has 4 rings (SSSR count). The largest absolute Gasteiger partial charge is 0.492 e. The minimum atomic E-state index is -3.88. The molecular formula is C26H29FN4O7S. The number of rotatable bonds is 10. The Hall–Kier alpha value is -4.00. The smallest absolute Gasteiger partial charge is 0.307 e. The predicted octanol–water partition coefficient (Wildman–Crippen LogP) is 4.14. The van der Waals surface area contributed by atoms with Crippen LogP contribution in [0.15, 0.2) is 40.9 Å². The lowest BCUT2D eigenvalue weighted by molar-refractivity contribution is -0.147. The average Bonchev–Trinajstić information content (AvgIpc) is 3.25. The fraction of sp³-hybridized carbons (Fsp3) is 0.385. The summed E-state index contributed by atoms with van der Waals surface area (Å²) in [5.41, 5.74) is 1.54. The molecule has 2 heterocycles. The van der Waals surface area contributed by atoms with Crippen molar-refractivity contribution in [2.24, 2.45) is 11.8 Å². The third kappa shape index (κ3) is 6.91. The van der Waals surface area contributed by atoms with Gasteiger partial charge in [-0.3, -0.25) is 14.3 Å². The van der Waals surface area contributed by atoms with Gasteiger partial charge in [-0.15, -0.1) is 0 Å². The van der Waals surface area contributed by atoms with Crippen molar-refractivity contribution in [3.8, 4) is 17.2 Å². The van der Waals surface area contributed by atoms with Gasteiger partial charge < -0.3 is 19.7 Å². The first kappa shape index (κ1) is 28.0. The highest BCUT2D eigenvalue weighted by Gasteiger charge is 2.36. The van der Waals surface area contributed by atoms with Crippen molar-refractivity contribution < 1.29 is 36.8 Å². The Kier molecular flexibility index (Phi) is 8.48. The SMILES string of the molecule is Cc1nc(-c2onc(C)c2NS(=O)(=O)CCOc2ccc(F)cc2)ccc1NC(=O)[C@H]1CCCC[C@@H]1C(=O)O. The lowest BCUT2D eigenvalue weighted by Crippen LogP contribution is -2.36. The number of nitrogens with zero attached hydrogens (tertiary/aromatic N) is 2. The van der Waals surface area contributed by atoms with Gasteiger partial charge in [0.05, 0.1) is 23.2 Å². The molecule has 39 heavy (non-hydrogen) atoms. The second kappa shape index (κ2) is 11.8. The number of amides is 1. The highest BCUT2D eigenvalue weighted by molar-refractivity contribution is 7.92. The van der Waals surface area contributed by atoms with Gasteiger partial charge in [0.2, 0.25) is 21.7 Å². The highest BCUT2D eigenvalue weighted by atomic mass is 32.2. The number of ether oxygens (including phenoxy) is 1. The monoisotopic (exact) mass is 560 g/mol. The van der Waals surface area contributed by atoms with Gasteiger partial charge in [0.1, 0.15) is 41.0 Å². The third-order valence-electron chi connectivity index (χ3n) is 6.55. The number of hydrogen-bond donors (Lipinski definition) is 3. The van der Waals surface area contributed by atoms with Crippen LogP contribution in [-0.4, -0.2) is 47.9 Å². The zero-order chi connectivity index (χ0) is 28.2. The summed E-state index contributed by atoms with van der Waals surface area (Å²) in [6, 6.07) is 8.37. The summed E-state index contributed by atoms with van der Waals surface area (Å²) in [5, 5.41) is 16.1. The summed E-state index contributed by atoms with van der Waals surface area (Å²) in [5.74, 6) is -3.08.